The molecule has 0 spiro atoms. The second-order valence-electron chi connectivity index (χ2n) is 9.97. The van der Waals surface area contributed by atoms with Crippen molar-refractivity contribution in [3.63, 3.8) is 0 Å². The van der Waals surface area contributed by atoms with Crippen molar-refractivity contribution >= 4 is 11.9 Å². The Kier molecular flexibility index (Phi) is 5.89. The van der Waals surface area contributed by atoms with Crippen molar-refractivity contribution < 1.29 is 22.7 Å². The molecule has 2 aliphatic carbocycles. The molecule has 3 unspecified atom stereocenters. The number of nitrogens with one attached hydrogen (secondary N) is 2. The highest BCUT2D eigenvalue weighted by molar-refractivity contribution is 6.03. The number of halogens is 3. The van der Waals surface area contributed by atoms with Gasteiger partial charge >= 0.3 is 6.36 Å². The van der Waals surface area contributed by atoms with Gasteiger partial charge in [-0.25, -0.2) is 0 Å². The summed E-state index contributed by atoms with van der Waals surface area (Å²) in [6, 6.07) is 22.0. The molecule has 38 heavy (non-hydrogen) atoms. The fourth-order valence-corrected chi connectivity index (χ4v) is 6.32. The van der Waals surface area contributed by atoms with Gasteiger partial charge in [0.05, 0.1) is 0 Å². The summed E-state index contributed by atoms with van der Waals surface area (Å²) in [7, 11) is 0. The average Bonchev–Trinajstić information content (AvgIpc) is 3.67. The minimum atomic E-state index is -4.71. The standard InChI is InChI=1S/C28H24F3N5O2/c29-28(30,31)38-24-13-6-19(7-14-24)18-2-9-21(10-3-18)27(16-17-1-8-23(27)15-17)22-11-4-20(5-12-22)25(37)32-26-33-35-36-34-26/h2-7,9-14,17,23H,1,8,15-16H2,(H2,32,33,34,35,36,37). The van der Waals surface area contributed by atoms with E-state index in [2.05, 4.69) is 42.8 Å². The van der Waals surface area contributed by atoms with E-state index < -0.39 is 6.36 Å². The molecule has 2 N–H and O–H groups in total. The fraction of sp³-hybridized carbons (Fsp3) is 0.286. The van der Waals surface area contributed by atoms with Crippen LogP contribution in [-0.4, -0.2) is 32.9 Å². The van der Waals surface area contributed by atoms with Crippen LogP contribution in [0.2, 0.25) is 0 Å². The fourth-order valence-electron chi connectivity index (χ4n) is 6.32. The van der Waals surface area contributed by atoms with Crippen molar-refractivity contribution in [2.75, 3.05) is 5.32 Å². The maximum Gasteiger partial charge on any atom is 0.573 e. The van der Waals surface area contributed by atoms with Crippen molar-refractivity contribution in [2.45, 2.75) is 37.5 Å². The van der Waals surface area contributed by atoms with Crippen molar-refractivity contribution in [3.8, 4) is 16.9 Å². The Balaban J connectivity index is 1.27. The summed E-state index contributed by atoms with van der Waals surface area (Å²) in [5.41, 5.74) is 4.49. The van der Waals surface area contributed by atoms with E-state index in [0.717, 1.165) is 24.0 Å². The van der Waals surface area contributed by atoms with Crippen LogP contribution >= 0.6 is 0 Å². The molecule has 3 atom stereocenters. The number of ether oxygens (including phenoxy) is 1. The van der Waals surface area contributed by atoms with Gasteiger partial charge in [0, 0.05) is 11.0 Å². The zero-order chi connectivity index (χ0) is 26.3. The second-order valence-corrected chi connectivity index (χ2v) is 9.97. The zero-order valence-electron chi connectivity index (χ0n) is 20.2. The normalized spacial score (nSPS) is 22.4. The van der Waals surface area contributed by atoms with Crippen molar-refractivity contribution in [3.05, 3.63) is 89.5 Å². The van der Waals surface area contributed by atoms with Crippen LogP contribution in [0.5, 0.6) is 5.75 Å². The smallest absolute Gasteiger partial charge is 0.406 e. The Morgan fingerprint density at radius 3 is 2.08 bits per heavy atom. The molecule has 0 aliphatic heterocycles. The first kappa shape index (κ1) is 24.1. The van der Waals surface area contributed by atoms with Crippen LogP contribution in [0, 0.1) is 11.8 Å². The maximum atomic E-state index is 12.6. The molecule has 4 aromatic rings. The highest BCUT2D eigenvalue weighted by Crippen LogP contribution is 2.60. The van der Waals surface area contributed by atoms with Crippen molar-refractivity contribution in [1.82, 2.24) is 20.6 Å². The summed E-state index contributed by atoms with van der Waals surface area (Å²) in [4.78, 5) is 12.6. The number of amides is 1. The molecule has 2 saturated carbocycles. The number of carbonyl (C=O) groups excluding carboxylic acids is 1. The number of carbonyl (C=O) groups is 1. The van der Waals surface area contributed by atoms with Crippen LogP contribution in [0.25, 0.3) is 11.1 Å². The van der Waals surface area contributed by atoms with Gasteiger partial charge in [0.1, 0.15) is 5.75 Å². The zero-order valence-corrected chi connectivity index (χ0v) is 20.2. The molecule has 2 aliphatic rings. The third-order valence-electron chi connectivity index (χ3n) is 7.90. The van der Waals surface area contributed by atoms with Crippen LogP contribution in [0.1, 0.15) is 47.2 Å². The number of hydrogen-bond acceptors (Lipinski definition) is 5. The number of aromatic nitrogens is 4. The molecule has 1 amide bonds. The highest BCUT2D eigenvalue weighted by Gasteiger charge is 2.52. The van der Waals surface area contributed by atoms with E-state index in [1.807, 2.05) is 36.4 Å². The van der Waals surface area contributed by atoms with E-state index in [-0.39, 0.29) is 23.0 Å². The number of hydrogen-bond donors (Lipinski definition) is 2. The lowest BCUT2D eigenvalue weighted by molar-refractivity contribution is -0.274. The molecule has 3 aromatic carbocycles. The first-order valence-electron chi connectivity index (χ1n) is 12.4. The van der Waals surface area contributed by atoms with Gasteiger partial charge in [-0.05, 0) is 82.8 Å². The van der Waals surface area contributed by atoms with E-state index in [4.69, 9.17) is 0 Å². The third-order valence-corrected chi connectivity index (χ3v) is 7.90. The Morgan fingerprint density at radius 2 is 1.55 bits per heavy atom. The minimum Gasteiger partial charge on any atom is -0.406 e. The summed E-state index contributed by atoms with van der Waals surface area (Å²) < 4.78 is 41.4. The van der Waals surface area contributed by atoms with Crippen LogP contribution in [0.15, 0.2) is 72.8 Å². The predicted octanol–water partition coefficient (Wildman–Crippen LogP) is 6.12. The lowest BCUT2D eigenvalue weighted by Crippen LogP contribution is -2.34. The Labute approximate surface area is 216 Å². The second kappa shape index (κ2) is 9.27. The lowest BCUT2D eigenvalue weighted by atomic mass is 9.64. The van der Waals surface area contributed by atoms with Gasteiger partial charge < -0.3 is 4.74 Å². The summed E-state index contributed by atoms with van der Waals surface area (Å²) >= 11 is 0. The topological polar surface area (TPSA) is 92.8 Å². The summed E-state index contributed by atoms with van der Waals surface area (Å²) in [5, 5.41) is 15.9. The van der Waals surface area contributed by atoms with Crippen LogP contribution in [-0.2, 0) is 5.41 Å². The summed E-state index contributed by atoms with van der Waals surface area (Å²) in [6.45, 7) is 0. The molecule has 0 radical (unpaired) electrons. The van der Waals surface area contributed by atoms with E-state index >= 15 is 0 Å². The largest absolute Gasteiger partial charge is 0.573 e. The molecule has 1 heterocycles. The summed E-state index contributed by atoms with van der Waals surface area (Å²) in [5.74, 6) is 0.744. The lowest BCUT2D eigenvalue weighted by Gasteiger charge is -2.39. The van der Waals surface area contributed by atoms with Crippen molar-refractivity contribution in [2.24, 2.45) is 11.8 Å². The number of H-pyrrole nitrogens is 1. The monoisotopic (exact) mass is 519 g/mol. The third kappa shape index (κ3) is 4.51. The van der Waals surface area contributed by atoms with Gasteiger partial charge in [-0.2, -0.15) is 5.21 Å². The Hall–Kier alpha value is -4.21. The molecule has 7 nitrogen and oxygen atoms in total. The van der Waals surface area contributed by atoms with Gasteiger partial charge in [-0.15, -0.1) is 18.3 Å². The SMILES string of the molecule is O=C(Nc1nn[nH]n1)c1ccc(C2(c3ccc(-c4ccc(OC(F)(F)F)cc4)cc3)CC3CCC2C3)cc1. The van der Waals surface area contributed by atoms with Crippen LogP contribution < -0.4 is 10.1 Å². The first-order chi connectivity index (χ1) is 18.3. The van der Waals surface area contributed by atoms with Gasteiger partial charge in [0.2, 0.25) is 0 Å². The molecule has 1 aromatic heterocycles. The van der Waals surface area contributed by atoms with Crippen LogP contribution in [0.3, 0.4) is 0 Å². The number of rotatable bonds is 6. The predicted molar refractivity (Wildman–Crippen MR) is 133 cm³/mol. The van der Waals surface area contributed by atoms with E-state index in [0.29, 0.717) is 17.4 Å². The molecule has 2 bridgehead atoms. The molecule has 0 saturated heterocycles. The van der Waals surface area contributed by atoms with Gasteiger partial charge in [-0.1, -0.05) is 60.1 Å². The quantitative estimate of drug-likeness (QED) is 0.320. The number of benzene rings is 3. The number of alkyl halides is 3. The number of nitrogens with zero attached hydrogens (tertiary/aromatic N) is 3. The Bertz CT molecular complexity index is 1420. The van der Waals surface area contributed by atoms with E-state index in [1.54, 1.807) is 12.1 Å². The minimum absolute atomic E-state index is 0.117. The number of anilines is 1. The Morgan fingerprint density at radius 1 is 0.921 bits per heavy atom. The van der Waals surface area contributed by atoms with Gasteiger partial charge in [-0.3, -0.25) is 10.1 Å². The number of tetrazole rings is 1. The molecule has 2 fully saturated rings. The van der Waals surface area contributed by atoms with Crippen molar-refractivity contribution in [1.29, 1.82) is 0 Å². The maximum absolute atomic E-state index is 12.6. The molecule has 194 valence electrons. The van der Waals surface area contributed by atoms with Crippen LogP contribution in [0.4, 0.5) is 19.1 Å². The van der Waals surface area contributed by atoms with Gasteiger partial charge in [0.15, 0.2) is 0 Å². The van der Waals surface area contributed by atoms with E-state index in [9.17, 15) is 18.0 Å². The molecular weight excluding hydrogens is 495 g/mol. The number of aromatic amines is 1. The number of fused-ring (bicyclic) bond motifs is 2. The first-order valence-corrected chi connectivity index (χ1v) is 12.4. The summed E-state index contributed by atoms with van der Waals surface area (Å²) in [6.07, 6.45) is -0.0824. The average molecular weight is 520 g/mol. The highest BCUT2D eigenvalue weighted by atomic mass is 19.4. The molecule has 6 rings (SSSR count). The van der Waals surface area contributed by atoms with Gasteiger partial charge in [0.25, 0.3) is 11.9 Å². The molecular formula is C28H24F3N5O2. The van der Waals surface area contributed by atoms with E-state index in [1.165, 1.54) is 36.1 Å². The molecule has 10 heteroatoms.